The molecule has 100 valence electrons. The van der Waals surface area contributed by atoms with Gasteiger partial charge in [-0.2, -0.15) is 0 Å². The zero-order chi connectivity index (χ0) is 12.9. The van der Waals surface area contributed by atoms with Gasteiger partial charge in [0.25, 0.3) is 0 Å². The van der Waals surface area contributed by atoms with Gasteiger partial charge >= 0.3 is 5.97 Å². The fourth-order valence-corrected chi connectivity index (χ4v) is 1.37. The van der Waals surface area contributed by atoms with Crippen LogP contribution in [-0.4, -0.2) is 32.1 Å². The van der Waals surface area contributed by atoms with Crippen molar-refractivity contribution in [3.63, 3.8) is 0 Å². The molecule has 0 aliphatic carbocycles. The van der Waals surface area contributed by atoms with Crippen LogP contribution in [0.2, 0.25) is 0 Å². The van der Waals surface area contributed by atoms with E-state index in [-0.39, 0.29) is 5.97 Å². The van der Waals surface area contributed by atoms with Crippen LogP contribution in [0.25, 0.3) is 0 Å². The van der Waals surface area contributed by atoms with E-state index in [2.05, 4.69) is 17.2 Å². The number of nitrogens with two attached hydrogens (primary N) is 1. The molecule has 0 aromatic rings. The third kappa shape index (κ3) is 11.0. The molecule has 0 spiro atoms. The van der Waals surface area contributed by atoms with Crippen LogP contribution >= 0.6 is 0 Å². The molecule has 17 heavy (non-hydrogen) atoms. The molecule has 0 saturated heterocycles. The molecule has 0 heterocycles. The van der Waals surface area contributed by atoms with Crippen molar-refractivity contribution in [1.29, 1.82) is 0 Å². The van der Waals surface area contributed by atoms with Crippen LogP contribution in [0.15, 0.2) is 4.99 Å². The first-order valence-electron chi connectivity index (χ1n) is 6.32. The quantitative estimate of drug-likeness (QED) is 0.278. The number of hydrogen-bond acceptors (Lipinski definition) is 3. The van der Waals surface area contributed by atoms with Crippen molar-refractivity contribution in [3.8, 4) is 0 Å². The van der Waals surface area contributed by atoms with Crippen LogP contribution < -0.4 is 11.1 Å². The molecule has 0 aromatic heterocycles. The van der Waals surface area contributed by atoms with Gasteiger partial charge in [-0.05, 0) is 6.42 Å². The van der Waals surface area contributed by atoms with E-state index in [1.807, 2.05) is 0 Å². The molecule has 0 rings (SSSR count). The van der Waals surface area contributed by atoms with Crippen molar-refractivity contribution < 1.29 is 9.53 Å². The zero-order valence-electron chi connectivity index (χ0n) is 11.0. The summed E-state index contributed by atoms with van der Waals surface area (Å²) in [5, 5.41) is 2.82. The number of rotatable bonds is 9. The van der Waals surface area contributed by atoms with E-state index in [1.165, 1.54) is 19.3 Å². The van der Waals surface area contributed by atoms with Gasteiger partial charge in [0.1, 0.15) is 6.61 Å². The molecule has 0 saturated carbocycles. The minimum absolute atomic E-state index is 0.129. The Kier molecular flexibility index (Phi) is 10.4. The van der Waals surface area contributed by atoms with Gasteiger partial charge in [0.15, 0.2) is 5.96 Å². The third-order valence-electron chi connectivity index (χ3n) is 2.40. The van der Waals surface area contributed by atoms with E-state index in [9.17, 15) is 4.79 Å². The van der Waals surface area contributed by atoms with Gasteiger partial charge in [-0.25, -0.2) is 0 Å². The monoisotopic (exact) mass is 243 g/mol. The first-order chi connectivity index (χ1) is 8.20. The number of nitrogens with one attached hydrogen (secondary N) is 1. The highest BCUT2D eigenvalue weighted by molar-refractivity contribution is 5.77. The number of unbranched alkanes of at least 4 members (excludes halogenated alkanes) is 4. The van der Waals surface area contributed by atoms with E-state index in [1.54, 1.807) is 7.05 Å². The van der Waals surface area contributed by atoms with Gasteiger partial charge in [0, 0.05) is 13.5 Å². The number of carbonyl (C=O) groups excluding carboxylic acids is 1. The van der Waals surface area contributed by atoms with E-state index in [0.29, 0.717) is 25.5 Å². The summed E-state index contributed by atoms with van der Waals surface area (Å²) >= 11 is 0. The van der Waals surface area contributed by atoms with E-state index in [4.69, 9.17) is 10.5 Å². The van der Waals surface area contributed by atoms with Gasteiger partial charge in [0.05, 0.1) is 6.54 Å². The summed E-state index contributed by atoms with van der Waals surface area (Å²) < 4.78 is 5.03. The Morgan fingerprint density at radius 1 is 1.29 bits per heavy atom. The van der Waals surface area contributed by atoms with Crippen molar-refractivity contribution in [2.75, 3.05) is 20.2 Å². The summed E-state index contributed by atoms with van der Waals surface area (Å²) in [4.78, 5) is 15.0. The maximum Gasteiger partial charge on any atom is 0.305 e. The van der Waals surface area contributed by atoms with Crippen molar-refractivity contribution in [3.05, 3.63) is 0 Å². The molecule has 0 amide bonds. The van der Waals surface area contributed by atoms with E-state index >= 15 is 0 Å². The molecule has 0 aliphatic rings. The van der Waals surface area contributed by atoms with Crippen LogP contribution in [0, 0.1) is 0 Å². The lowest BCUT2D eigenvalue weighted by Crippen LogP contribution is -2.34. The van der Waals surface area contributed by atoms with Crippen LogP contribution in [0.4, 0.5) is 0 Å². The average Bonchev–Trinajstić information content (AvgIpc) is 2.34. The number of hydrogen-bond donors (Lipinski definition) is 2. The number of guanidine groups is 1. The molecule has 0 fully saturated rings. The van der Waals surface area contributed by atoms with Crippen molar-refractivity contribution >= 4 is 11.9 Å². The Morgan fingerprint density at radius 2 is 2.00 bits per heavy atom. The maximum atomic E-state index is 11.3. The first-order valence-corrected chi connectivity index (χ1v) is 6.32. The van der Waals surface area contributed by atoms with E-state index < -0.39 is 0 Å². The Bertz CT molecular complexity index is 230. The molecule has 0 radical (unpaired) electrons. The molecule has 0 unspecified atom stereocenters. The Labute approximate surface area is 104 Å². The molecule has 0 bridgehead atoms. The lowest BCUT2D eigenvalue weighted by molar-refractivity contribution is -0.143. The van der Waals surface area contributed by atoms with Gasteiger partial charge in [-0.3, -0.25) is 9.79 Å². The van der Waals surface area contributed by atoms with Crippen molar-refractivity contribution in [2.45, 2.75) is 45.4 Å². The first kappa shape index (κ1) is 15.7. The maximum absolute atomic E-state index is 11.3. The predicted octanol–water partition coefficient (Wildman–Crippen LogP) is 1.42. The Balaban J connectivity index is 3.29. The van der Waals surface area contributed by atoms with Crippen LogP contribution in [0.5, 0.6) is 0 Å². The minimum atomic E-state index is -0.129. The fourth-order valence-electron chi connectivity index (χ4n) is 1.37. The second-order valence-electron chi connectivity index (χ2n) is 3.92. The number of nitrogens with zero attached hydrogens (tertiary/aromatic N) is 1. The topological polar surface area (TPSA) is 76.7 Å². The molecule has 0 atom stereocenters. The molecule has 5 heteroatoms. The van der Waals surface area contributed by atoms with Gasteiger partial charge in [0.2, 0.25) is 0 Å². The number of aliphatic imine (C=N–C) groups is 1. The second-order valence-corrected chi connectivity index (χ2v) is 3.92. The number of carbonyl (C=O) groups is 1. The predicted molar refractivity (Wildman–Crippen MR) is 69.9 cm³/mol. The van der Waals surface area contributed by atoms with Gasteiger partial charge in [-0.15, -0.1) is 0 Å². The second kappa shape index (κ2) is 11.2. The minimum Gasteiger partial charge on any atom is -0.464 e. The summed E-state index contributed by atoms with van der Waals surface area (Å²) in [6.45, 7) is 3.02. The SMILES string of the molecule is CCCCCCCC(=O)OCCNC(N)=NC. The number of esters is 1. The fraction of sp³-hybridized carbons (Fsp3) is 0.833. The highest BCUT2D eigenvalue weighted by Gasteiger charge is 2.01. The highest BCUT2D eigenvalue weighted by atomic mass is 16.5. The molecular weight excluding hydrogens is 218 g/mol. The summed E-state index contributed by atoms with van der Waals surface area (Å²) in [6, 6.07) is 0. The smallest absolute Gasteiger partial charge is 0.305 e. The average molecular weight is 243 g/mol. The number of ether oxygens (including phenoxy) is 1. The summed E-state index contributed by atoms with van der Waals surface area (Å²) in [7, 11) is 1.60. The van der Waals surface area contributed by atoms with Crippen LogP contribution in [-0.2, 0) is 9.53 Å². The molecule has 0 aliphatic heterocycles. The van der Waals surface area contributed by atoms with E-state index in [0.717, 1.165) is 12.8 Å². The normalized spacial score (nSPS) is 11.3. The van der Waals surface area contributed by atoms with Gasteiger partial charge < -0.3 is 15.8 Å². The summed E-state index contributed by atoms with van der Waals surface area (Å²) in [5.74, 6) is 0.232. The zero-order valence-corrected chi connectivity index (χ0v) is 11.0. The Morgan fingerprint density at radius 3 is 2.65 bits per heavy atom. The van der Waals surface area contributed by atoms with Crippen LogP contribution in [0.3, 0.4) is 0 Å². The van der Waals surface area contributed by atoms with Crippen LogP contribution in [0.1, 0.15) is 45.4 Å². The standard InChI is InChI=1S/C12H25N3O2/c1-3-4-5-6-7-8-11(16)17-10-9-15-12(13)14-2/h3-10H2,1-2H3,(H3,13,14,15). The molecular formula is C12H25N3O2. The van der Waals surface area contributed by atoms with Crippen molar-refractivity contribution in [1.82, 2.24) is 5.32 Å². The molecule has 3 N–H and O–H groups in total. The van der Waals surface area contributed by atoms with Crippen molar-refractivity contribution in [2.24, 2.45) is 10.7 Å². The largest absolute Gasteiger partial charge is 0.464 e. The molecule has 0 aromatic carbocycles. The summed E-state index contributed by atoms with van der Waals surface area (Å²) in [5.41, 5.74) is 5.41. The third-order valence-corrected chi connectivity index (χ3v) is 2.40. The lowest BCUT2D eigenvalue weighted by atomic mass is 10.1. The molecule has 5 nitrogen and oxygen atoms in total. The highest BCUT2D eigenvalue weighted by Crippen LogP contribution is 2.05. The Hall–Kier alpha value is -1.26. The van der Waals surface area contributed by atoms with Gasteiger partial charge in [-0.1, -0.05) is 32.6 Å². The summed E-state index contributed by atoms with van der Waals surface area (Å²) in [6.07, 6.45) is 6.21. The lowest BCUT2D eigenvalue weighted by Gasteiger charge is -2.06.